The summed E-state index contributed by atoms with van der Waals surface area (Å²) >= 11 is 1.25. The number of thioether (sulfide) groups is 1. The van der Waals surface area contributed by atoms with Crippen LogP contribution >= 0.6 is 11.8 Å². The van der Waals surface area contributed by atoms with Crippen molar-refractivity contribution in [2.24, 2.45) is 7.05 Å². The molecule has 1 heterocycles. The van der Waals surface area contributed by atoms with E-state index in [4.69, 9.17) is 9.47 Å². The molecule has 0 saturated carbocycles. The molecule has 124 valence electrons. The number of anilines is 1. The number of rotatable bonds is 7. The smallest absolute Gasteiger partial charge is 0.441 e. The van der Waals surface area contributed by atoms with Crippen molar-refractivity contribution < 1.29 is 23.5 Å². The number of methoxy groups -OCH3 is 2. The fourth-order valence-corrected chi connectivity index (χ4v) is 2.70. The fourth-order valence-electron chi connectivity index (χ4n) is 1.83. The van der Waals surface area contributed by atoms with Crippen molar-refractivity contribution in [3.63, 3.8) is 0 Å². The van der Waals surface area contributed by atoms with E-state index >= 15 is 0 Å². The second kappa shape index (κ2) is 7.73. The number of carbonyl (C=O) groups excluding carboxylic acids is 1. The lowest BCUT2D eigenvalue weighted by Crippen LogP contribution is -2.33. The molecule has 0 unspecified atom stereocenters. The number of aromatic nitrogens is 2. The third-order valence-corrected chi connectivity index (χ3v) is 4.08. The number of ether oxygens (including phenoxy) is 2. The molecule has 0 bridgehead atoms. The van der Waals surface area contributed by atoms with E-state index in [0.717, 1.165) is 0 Å². The molecule has 0 aliphatic carbocycles. The molecule has 0 saturated heterocycles. The molecule has 1 aromatic heterocycles. The van der Waals surface area contributed by atoms with Crippen LogP contribution in [0.15, 0.2) is 32.5 Å². The van der Waals surface area contributed by atoms with Gasteiger partial charge in [-0.2, -0.15) is 0 Å². The lowest BCUT2D eigenvalue weighted by Gasteiger charge is -2.09. The maximum atomic E-state index is 12.0. The van der Waals surface area contributed by atoms with Crippen LogP contribution in [0.3, 0.4) is 0 Å². The van der Waals surface area contributed by atoms with Gasteiger partial charge in [-0.3, -0.25) is 9.32 Å². The summed E-state index contributed by atoms with van der Waals surface area (Å²) in [5.74, 6) is 1.45. The van der Waals surface area contributed by atoms with Gasteiger partial charge in [0.25, 0.3) is 0 Å². The van der Waals surface area contributed by atoms with Crippen LogP contribution in [0.25, 0.3) is 0 Å². The van der Waals surface area contributed by atoms with Gasteiger partial charge in [-0.25, -0.2) is 4.79 Å². The van der Waals surface area contributed by atoms with Crippen LogP contribution in [0, 0.1) is 0 Å². The second-order valence-electron chi connectivity index (χ2n) is 4.59. The quantitative estimate of drug-likeness (QED) is 0.575. The number of H-pyrrole nitrogens is 1. The highest BCUT2D eigenvalue weighted by molar-refractivity contribution is 7.99. The molecule has 2 aromatic rings. The van der Waals surface area contributed by atoms with Crippen molar-refractivity contribution in [1.29, 1.82) is 0 Å². The van der Waals surface area contributed by atoms with Crippen molar-refractivity contribution in [2.75, 3.05) is 25.3 Å². The largest absolute Gasteiger partial charge is 0.497 e. The van der Waals surface area contributed by atoms with Crippen LogP contribution in [0.2, 0.25) is 0 Å². The number of aromatic amines is 1. The lowest BCUT2D eigenvalue weighted by atomic mass is 10.2. The molecular weight excluding hydrogens is 322 g/mol. The Bertz CT molecular complexity index is 718. The third-order valence-electron chi connectivity index (χ3n) is 2.96. The zero-order valence-electron chi connectivity index (χ0n) is 13.0. The average molecular weight is 340 g/mol. The summed E-state index contributed by atoms with van der Waals surface area (Å²) in [6.45, 7) is 0. The summed E-state index contributed by atoms with van der Waals surface area (Å²) in [6.07, 6.45) is 0.245. The number of aryl methyl sites for hydroxylation is 1. The molecule has 2 N–H and O–H groups in total. The van der Waals surface area contributed by atoms with Gasteiger partial charge in [-0.1, -0.05) is 4.68 Å². The van der Waals surface area contributed by atoms with Crippen molar-refractivity contribution in [1.82, 2.24) is 5.27 Å². The zero-order chi connectivity index (χ0) is 16.8. The zero-order valence-corrected chi connectivity index (χ0v) is 13.9. The van der Waals surface area contributed by atoms with Crippen molar-refractivity contribution >= 4 is 23.4 Å². The minimum Gasteiger partial charge on any atom is -0.497 e. The van der Waals surface area contributed by atoms with E-state index in [1.54, 1.807) is 39.5 Å². The van der Waals surface area contributed by atoms with Crippen molar-refractivity contribution in [2.45, 2.75) is 11.4 Å². The number of benzene rings is 1. The lowest BCUT2D eigenvalue weighted by molar-refractivity contribution is -0.772. The Balaban J connectivity index is 1.91. The first-order chi connectivity index (χ1) is 11.0. The van der Waals surface area contributed by atoms with Gasteiger partial charge in [0.05, 0.1) is 14.2 Å². The Hall–Kier alpha value is -2.42. The van der Waals surface area contributed by atoms with E-state index in [0.29, 0.717) is 28.0 Å². The van der Waals surface area contributed by atoms with Crippen molar-refractivity contribution in [3.8, 4) is 11.5 Å². The van der Waals surface area contributed by atoms with Gasteiger partial charge in [0.2, 0.25) is 5.91 Å². The molecule has 9 heteroatoms. The molecule has 1 aromatic carbocycles. The minimum atomic E-state index is -0.449. The monoisotopic (exact) mass is 340 g/mol. The topological polar surface area (TPSA) is 97.4 Å². The van der Waals surface area contributed by atoms with Crippen LogP contribution in [-0.4, -0.2) is 31.2 Å². The summed E-state index contributed by atoms with van der Waals surface area (Å²) in [6, 6.07) is 5.12. The molecule has 1 amide bonds. The fraction of sp³-hybridized carbons (Fsp3) is 0.357. The molecule has 0 spiro atoms. The number of nitrogens with one attached hydrogen (secondary N) is 2. The molecule has 0 fully saturated rings. The van der Waals surface area contributed by atoms with Gasteiger partial charge in [0.1, 0.15) is 11.5 Å². The highest BCUT2D eigenvalue weighted by atomic mass is 32.2. The Kier molecular flexibility index (Phi) is 5.69. The highest BCUT2D eigenvalue weighted by Crippen LogP contribution is 2.25. The maximum absolute atomic E-state index is 12.0. The molecule has 2 rings (SSSR count). The van der Waals surface area contributed by atoms with E-state index < -0.39 is 5.63 Å². The number of carbonyl (C=O) groups is 1. The highest BCUT2D eigenvalue weighted by Gasteiger charge is 2.18. The third kappa shape index (κ3) is 4.52. The van der Waals surface area contributed by atoms with Crippen LogP contribution < -0.4 is 25.1 Å². The molecular formula is C14H18N3O5S+. The van der Waals surface area contributed by atoms with E-state index in [-0.39, 0.29) is 12.3 Å². The summed E-state index contributed by atoms with van der Waals surface area (Å²) in [5, 5.41) is 5.61. The number of nitrogens with zero attached hydrogens (tertiary/aromatic N) is 1. The van der Waals surface area contributed by atoms with Gasteiger partial charge in [0, 0.05) is 36.1 Å². The molecule has 0 radical (unpaired) electrons. The summed E-state index contributed by atoms with van der Waals surface area (Å²) in [4.78, 5) is 23.4. The van der Waals surface area contributed by atoms with Crippen LogP contribution in [0.5, 0.6) is 11.5 Å². The Labute approximate surface area is 136 Å². The number of amides is 1. The summed E-state index contributed by atoms with van der Waals surface area (Å²) in [7, 11) is 4.74. The van der Waals surface area contributed by atoms with E-state index in [1.165, 1.54) is 16.4 Å². The van der Waals surface area contributed by atoms with E-state index in [2.05, 4.69) is 15.1 Å². The second-order valence-corrected chi connectivity index (χ2v) is 5.68. The van der Waals surface area contributed by atoms with Gasteiger partial charge in [-0.15, -0.1) is 0 Å². The first kappa shape index (κ1) is 16.9. The SMILES string of the molecule is COc1cc(NC(=O)CCSc2c(=O)o[nH][n+]2C)cc(OC)c1. The molecule has 0 atom stereocenters. The van der Waals surface area contributed by atoms with Gasteiger partial charge >= 0.3 is 10.7 Å². The van der Waals surface area contributed by atoms with Crippen molar-refractivity contribution in [3.05, 3.63) is 28.6 Å². The first-order valence-electron chi connectivity index (χ1n) is 6.76. The van der Waals surface area contributed by atoms with Crippen LogP contribution in [-0.2, 0) is 11.8 Å². The Morgan fingerprint density at radius 2 is 1.96 bits per heavy atom. The predicted molar refractivity (Wildman–Crippen MR) is 84.0 cm³/mol. The summed E-state index contributed by atoms with van der Waals surface area (Å²) in [5.41, 5.74) is 0.137. The molecule has 23 heavy (non-hydrogen) atoms. The summed E-state index contributed by atoms with van der Waals surface area (Å²) < 4.78 is 16.4. The molecule has 8 nitrogen and oxygen atoms in total. The standard InChI is InChI=1S/C14H17N3O5S/c1-17-13(14(19)22-16-17)23-5-4-12(18)15-9-6-10(20-2)8-11(7-9)21-3/h6-8H,4-5H2,1-3H3,(H-,15,16,18,19)/p+1. The Morgan fingerprint density at radius 3 is 2.48 bits per heavy atom. The van der Waals surface area contributed by atoms with Gasteiger partial charge in [0.15, 0.2) is 7.05 Å². The van der Waals surface area contributed by atoms with Gasteiger partial charge in [-0.05, 0) is 17.0 Å². The normalized spacial score (nSPS) is 10.4. The molecule has 0 aliphatic rings. The maximum Gasteiger partial charge on any atom is 0.441 e. The van der Waals surface area contributed by atoms with Gasteiger partial charge < -0.3 is 14.8 Å². The predicted octanol–water partition coefficient (Wildman–Crippen LogP) is 0.930. The van der Waals surface area contributed by atoms with E-state index in [1.807, 2.05) is 0 Å². The van der Waals surface area contributed by atoms with E-state index in [9.17, 15) is 9.59 Å². The Morgan fingerprint density at radius 1 is 1.30 bits per heavy atom. The number of hydrogen-bond acceptors (Lipinski definition) is 6. The van der Waals surface area contributed by atoms with Crippen LogP contribution in [0.1, 0.15) is 6.42 Å². The average Bonchev–Trinajstić information content (AvgIpc) is 2.86. The first-order valence-corrected chi connectivity index (χ1v) is 7.75. The van der Waals surface area contributed by atoms with Crippen LogP contribution in [0.4, 0.5) is 5.69 Å². The number of hydrogen-bond donors (Lipinski definition) is 2. The molecule has 0 aliphatic heterocycles. The minimum absolute atomic E-state index is 0.171.